The fourth-order valence-corrected chi connectivity index (χ4v) is 2.13. The molecule has 0 bridgehead atoms. The molecule has 0 aliphatic carbocycles. The summed E-state index contributed by atoms with van der Waals surface area (Å²) in [5, 5.41) is 3.85. The monoisotopic (exact) mass is 309 g/mol. The zero-order valence-electron chi connectivity index (χ0n) is 10.8. The number of halogens is 2. The van der Waals surface area contributed by atoms with E-state index in [2.05, 4.69) is 5.32 Å². The van der Waals surface area contributed by atoms with Crippen LogP contribution in [0.25, 0.3) is 0 Å². The largest absolute Gasteiger partial charge is 0.489 e. The standard InChI is InChI=1S/C15H13Cl2NO2/c1-10(19)18-13-3-2-4-14(8-13)20-9-11-5-6-12(16)7-15(11)17/h2-8H,9H2,1H3,(H,18,19). The van der Waals surface area contributed by atoms with E-state index in [0.29, 0.717) is 28.1 Å². The molecule has 1 N–H and O–H groups in total. The van der Waals surface area contributed by atoms with Gasteiger partial charge in [0.1, 0.15) is 12.4 Å². The number of amides is 1. The predicted molar refractivity (Wildman–Crippen MR) is 81.5 cm³/mol. The number of carbonyl (C=O) groups is 1. The lowest BCUT2D eigenvalue weighted by atomic mass is 10.2. The summed E-state index contributed by atoms with van der Waals surface area (Å²) in [6.07, 6.45) is 0. The summed E-state index contributed by atoms with van der Waals surface area (Å²) in [4.78, 5) is 11.0. The minimum Gasteiger partial charge on any atom is -0.489 e. The first kappa shape index (κ1) is 14.7. The molecule has 5 heteroatoms. The molecule has 2 rings (SSSR count). The SMILES string of the molecule is CC(=O)Nc1cccc(OCc2ccc(Cl)cc2Cl)c1. The van der Waals surface area contributed by atoms with Gasteiger partial charge >= 0.3 is 0 Å². The molecular weight excluding hydrogens is 297 g/mol. The van der Waals surface area contributed by atoms with E-state index in [4.69, 9.17) is 27.9 Å². The lowest BCUT2D eigenvalue weighted by Gasteiger charge is -2.09. The summed E-state index contributed by atoms with van der Waals surface area (Å²) in [6.45, 7) is 1.79. The summed E-state index contributed by atoms with van der Waals surface area (Å²) < 4.78 is 5.66. The number of nitrogens with one attached hydrogen (secondary N) is 1. The fraction of sp³-hybridized carbons (Fsp3) is 0.133. The van der Waals surface area contributed by atoms with Gasteiger partial charge in [0.05, 0.1) is 0 Å². The molecule has 0 radical (unpaired) electrons. The van der Waals surface area contributed by atoms with Crippen molar-refractivity contribution in [1.82, 2.24) is 0 Å². The van der Waals surface area contributed by atoms with Crippen molar-refractivity contribution < 1.29 is 9.53 Å². The van der Waals surface area contributed by atoms with Crippen LogP contribution in [0.15, 0.2) is 42.5 Å². The number of ether oxygens (including phenoxy) is 1. The molecule has 0 aliphatic heterocycles. The Morgan fingerprint density at radius 1 is 1.20 bits per heavy atom. The van der Waals surface area contributed by atoms with E-state index in [-0.39, 0.29) is 5.91 Å². The minimum atomic E-state index is -0.122. The van der Waals surface area contributed by atoms with Crippen LogP contribution in [0, 0.1) is 0 Å². The van der Waals surface area contributed by atoms with Crippen LogP contribution in [0.3, 0.4) is 0 Å². The van der Waals surface area contributed by atoms with Gasteiger partial charge in [-0.25, -0.2) is 0 Å². The molecule has 0 unspecified atom stereocenters. The van der Waals surface area contributed by atoms with Crippen molar-refractivity contribution in [3.63, 3.8) is 0 Å². The molecule has 0 atom stereocenters. The van der Waals surface area contributed by atoms with Crippen molar-refractivity contribution in [3.8, 4) is 5.75 Å². The third-order valence-corrected chi connectivity index (χ3v) is 3.15. The van der Waals surface area contributed by atoms with Gasteiger partial charge in [0, 0.05) is 34.3 Å². The molecular formula is C15H13Cl2NO2. The van der Waals surface area contributed by atoms with E-state index >= 15 is 0 Å². The number of hydrogen-bond acceptors (Lipinski definition) is 2. The highest BCUT2D eigenvalue weighted by atomic mass is 35.5. The smallest absolute Gasteiger partial charge is 0.221 e. The highest BCUT2D eigenvalue weighted by Crippen LogP contribution is 2.23. The second kappa shape index (κ2) is 6.64. The van der Waals surface area contributed by atoms with Crippen LogP contribution in [-0.4, -0.2) is 5.91 Å². The maximum Gasteiger partial charge on any atom is 0.221 e. The van der Waals surface area contributed by atoms with Crippen LogP contribution in [0.4, 0.5) is 5.69 Å². The third kappa shape index (κ3) is 4.15. The first-order valence-corrected chi connectivity index (χ1v) is 6.74. The Labute approximate surface area is 127 Å². The first-order valence-electron chi connectivity index (χ1n) is 5.99. The van der Waals surface area contributed by atoms with E-state index in [1.54, 1.807) is 24.3 Å². The lowest BCUT2D eigenvalue weighted by molar-refractivity contribution is -0.114. The van der Waals surface area contributed by atoms with Gasteiger partial charge < -0.3 is 10.1 Å². The predicted octanol–water partition coefficient (Wildman–Crippen LogP) is 4.53. The fourth-order valence-electron chi connectivity index (χ4n) is 1.67. The number of rotatable bonds is 4. The normalized spacial score (nSPS) is 10.2. The molecule has 2 aromatic rings. The van der Waals surface area contributed by atoms with Gasteiger partial charge in [0.2, 0.25) is 5.91 Å². The Morgan fingerprint density at radius 3 is 2.70 bits per heavy atom. The van der Waals surface area contributed by atoms with Gasteiger partial charge in [-0.2, -0.15) is 0 Å². The molecule has 0 saturated heterocycles. The zero-order valence-corrected chi connectivity index (χ0v) is 12.3. The average Bonchev–Trinajstić information content (AvgIpc) is 2.37. The van der Waals surface area contributed by atoms with E-state index in [0.717, 1.165) is 5.56 Å². The molecule has 0 spiro atoms. The number of hydrogen-bond donors (Lipinski definition) is 1. The van der Waals surface area contributed by atoms with Crippen molar-refractivity contribution in [3.05, 3.63) is 58.1 Å². The Morgan fingerprint density at radius 2 is 2.00 bits per heavy atom. The van der Waals surface area contributed by atoms with Gasteiger partial charge in [-0.15, -0.1) is 0 Å². The van der Waals surface area contributed by atoms with Gasteiger partial charge in [-0.1, -0.05) is 35.3 Å². The molecule has 0 heterocycles. The molecule has 2 aromatic carbocycles. The van der Waals surface area contributed by atoms with Crippen LogP contribution in [0.5, 0.6) is 5.75 Å². The van der Waals surface area contributed by atoms with Crippen molar-refractivity contribution in [2.75, 3.05) is 5.32 Å². The van der Waals surface area contributed by atoms with Crippen LogP contribution < -0.4 is 10.1 Å². The van der Waals surface area contributed by atoms with Crippen LogP contribution >= 0.6 is 23.2 Å². The zero-order chi connectivity index (χ0) is 14.5. The minimum absolute atomic E-state index is 0.122. The van der Waals surface area contributed by atoms with Crippen molar-refractivity contribution in [2.24, 2.45) is 0 Å². The Kier molecular flexibility index (Phi) is 4.88. The topological polar surface area (TPSA) is 38.3 Å². The van der Waals surface area contributed by atoms with E-state index in [9.17, 15) is 4.79 Å². The highest BCUT2D eigenvalue weighted by molar-refractivity contribution is 6.35. The molecule has 0 fully saturated rings. The van der Waals surface area contributed by atoms with Crippen LogP contribution in [0.1, 0.15) is 12.5 Å². The summed E-state index contributed by atoms with van der Waals surface area (Å²) in [7, 11) is 0. The highest BCUT2D eigenvalue weighted by Gasteiger charge is 2.03. The number of benzene rings is 2. The maximum atomic E-state index is 11.0. The summed E-state index contributed by atoms with van der Waals surface area (Å²) in [5.41, 5.74) is 1.54. The second-order valence-corrected chi connectivity index (χ2v) is 5.08. The molecule has 0 aliphatic rings. The summed E-state index contributed by atoms with van der Waals surface area (Å²) in [5.74, 6) is 0.533. The molecule has 0 aromatic heterocycles. The molecule has 0 saturated carbocycles. The quantitative estimate of drug-likeness (QED) is 0.901. The molecule has 104 valence electrons. The maximum absolute atomic E-state index is 11.0. The molecule has 3 nitrogen and oxygen atoms in total. The first-order chi connectivity index (χ1) is 9.54. The summed E-state index contributed by atoms with van der Waals surface area (Å²) in [6, 6.07) is 12.4. The summed E-state index contributed by atoms with van der Waals surface area (Å²) >= 11 is 11.9. The van der Waals surface area contributed by atoms with E-state index in [1.807, 2.05) is 18.2 Å². The average molecular weight is 310 g/mol. The molecule has 1 amide bonds. The third-order valence-electron chi connectivity index (χ3n) is 2.56. The van der Waals surface area contributed by atoms with Gasteiger partial charge in [-0.05, 0) is 24.3 Å². The Bertz CT molecular complexity index is 629. The van der Waals surface area contributed by atoms with Crippen molar-refractivity contribution in [2.45, 2.75) is 13.5 Å². The number of carbonyl (C=O) groups excluding carboxylic acids is 1. The lowest BCUT2D eigenvalue weighted by Crippen LogP contribution is -2.05. The van der Waals surface area contributed by atoms with E-state index in [1.165, 1.54) is 6.92 Å². The Hall–Kier alpha value is -1.71. The van der Waals surface area contributed by atoms with Gasteiger partial charge in [0.25, 0.3) is 0 Å². The Balaban J connectivity index is 2.05. The van der Waals surface area contributed by atoms with Crippen molar-refractivity contribution >= 4 is 34.8 Å². The molecule has 20 heavy (non-hydrogen) atoms. The van der Waals surface area contributed by atoms with E-state index < -0.39 is 0 Å². The van der Waals surface area contributed by atoms with Gasteiger partial charge in [0.15, 0.2) is 0 Å². The van der Waals surface area contributed by atoms with Crippen LogP contribution in [0.2, 0.25) is 10.0 Å². The number of anilines is 1. The van der Waals surface area contributed by atoms with Crippen LogP contribution in [-0.2, 0) is 11.4 Å². The van der Waals surface area contributed by atoms with Gasteiger partial charge in [-0.3, -0.25) is 4.79 Å². The second-order valence-electron chi connectivity index (χ2n) is 4.23. The van der Waals surface area contributed by atoms with Crippen molar-refractivity contribution in [1.29, 1.82) is 0 Å².